The lowest BCUT2D eigenvalue weighted by molar-refractivity contribution is 0.102. The Balaban J connectivity index is 1.43. The molecular formula is C30H38N6O2. The smallest absolute Gasteiger partial charge is 0.322 e. The molecule has 1 aliphatic heterocycles. The van der Waals surface area contributed by atoms with Crippen LogP contribution in [0.15, 0.2) is 72.8 Å². The molecule has 8 nitrogen and oxygen atoms in total. The van der Waals surface area contributed by atoms with Crippen molar-refractivity contribution in [3.8, 4) is 0 Å². The first kappa shape index (κ1) is 27.0. The molecule has 3 aromatic carbocycles. The summed E-state index contributed by atoms with van der Waals surface area (Å²) in [6.45, 7) is 2.20. The zero-order valence-corrected chi connectivity index (χ0v) is 22.5. The lowest BCUT2D eigenvalue weighted by Gasteiger charge is -2.27. The maximum Gasteiger partial charge on any atom is 0.322 e. The number of carbonyl (C=O) groups is 2. The van der Waals surface area contributed by atoms with Crippen LogP contribution in [-0.4, -0.2) is 62.0 Å². The first-order chi connectivity index (χ1) is 18.3. The molecule has 0 radical (unpaired) electrons. The maximum atomic E-state index is 13.3. The van der Waals surface area contributed by atoms with E-state index in [0.29, 0.717) is 36.1 Å². The number of likely N-dealkylation sites (tertiary alicyclic amines) is 1. The number of nitrogens with one attached hydrogen (secondary N) is 2. The molecule has 3 aromatic rings. The van der Waals surface area contributed by atoms with Crippen molar-refractivity contribution in [3.63, 3.8) is 0 Å². The van der Waals surface area contributed by atoms with Crippen LogP contribution in [0.25, 0.3) is 0 Å². The molecule has 1 fully saturated rings. The van der Waals surface area contributed by atoms with Crippen molar-refractivity contribution >= 4 is 34.7 Å². The molecule has 0 saturated carbocycles. The van der Waals surface area contributed by atoms with Gasteiger partial charge in [-0.25, -0.2) is 4.79 Å². The molecule has 8 heteroatoms. The Morgan fingerprint density at radius 2 is 1.68 bits per heavy atom. The normalized spacial score (nSPS) is 15.2. The van der Waals surface area contributed by atoms with Crippen LogP contribution in [0.1, 0.15) is 35.2 Å². The molecule has 4 N–H and O–H groups in total. The quantitative estimate of drug-likeness (QED) is 0.345. The summed E-state index contributed by atoms with van der Waals surface area (Å²) < 4.78 is 0. The van der Waals surface area contributed by atoms with E-state index in [4.69, 9.17) is 5.73 Å². The van der Waals surface area contributed by atoms with Crippen LogP contribution >= 0.6 is 0 Å². The van der Waals surface area contributed by atoms with Crippen molar-refractivity contribution in [3.05, 3.63) is 83.9 Å². The number of amides is 3. The predicted octanol–water partition coefficient (Wildman–Crippen LogP) is 5.11. The minimum atomic E-state index is -0.227. The Labute approximate surface area is 225 Å². The molecule has 1 unspecified atom stereocenters. The van der Waals surface area contributed by atoms with Gasteiger partial charge in [0, 0.05) is 50.2 Å². The maximum absolute atomic E-state index is 13.3. The number of anilines is 4. The van der Waals surface area contributed by atoms with E-state index in [1.807, 2.05) is 72.4 Å². The summed E-state index contributed by atoms with van der Waals surface area (Å²) in [6.07, 6.45) is 3.28. The fourth-order valence-electron chi connectivity index (χ4n) is 4.73. The number of benzene rings is 3. The number of nitrogens with two attached hydrogens (primary N) is 1. The second-order valence-corrected chi connectivity index (χ2v) is 10.1. The number of para-hydroxylation sites is 2. The number of rotatable bonds is 9. The molecular weight excluding hydrogens is 476 g/mol. The van der Waals surface area contributed by atoms with Crippen LogP contribution in [0.4, 0.5) is 27.5 Å². The molecule has 200 valence electrons. The Morgan fingerprint density at radius 3 is 2.32 bits per heavy atom. The van der Waals surface area contributed by atoms with Crippen LogP contribution in [0.5, 0.6) is 0 Å². The number of carbonyl (C=O) groups excluding carboxylic acids is 2. The van der Waals surface area contributed by atoms with Crippen LogP contribution in [-0.2, 0) is 6.54 Å². The summed E-state index contributed by atoms with van der Waals surface area (Å²) in [5.41, 5.74) is 10.4. The Bertz CT molecular complexity index is 1230. The Kier molecular flexibility index (Phi) is 8.86. The molecule has 0 aromatic heterocycles. The SMILES string of the molecule is CN(C)c1ccc(NC(=O)N(CCC2CCCN2C)Cc2ccc(C(=O)Nc3ccccc3N)cc2)cc1. The van der Waals surface area contributed by atoms with Crippen LogP contribution in [0, 0.1) is 0 Å². The van der Waals surface area contributed by atoms with Gasteiger partial charge in [0.1, 0.15) is 0 Å². The molecule has 1 saturated heterocycles. The minimum absolute atomic E-state index is 0.135. The average molecular weight is 515 g/mol. The molecule has 3 amide bonds. The summed E-state index contributed by atoms with van der Waals surface area (Å²) in [7, 11) is 6.13. The van der Waals surface area contributed by atoms with Crippen LogP contribution < -0.4 is 21.3 Å². The van der Waals surface area contributed by atoms with Crippen molar-refractivity contribution in [1.82, 2.24) is 9.80 Å². The zero-order chi connectivity index (χ0) is 27.1. The lowest BCUT2D eigenvalue weighted by Crippen LogP contribution is -2.38. The second-order valence-electron chi connectivity index (χ2n) is 10.1. The molecule has 38 heavy (non-hydrogen) atoms. The van der Waals surface area contributed by atoms with Gasteiger partial charge in [-0.2, -0.15) is 0 Å². The summed E-state index contributed by atoms with van der Waals surface area (Å²) in [6, 6.07) is 22.7. The standard InChI is InChI=1S/C30H38N6O2/c1-34(2)25-16-14-24(15-17-25)32-30(38)36(20-18-26-7-6-19-35(26)3)21-22-10-12-23(13-11-22)29(37)33-28-9-5-4-8-27(28)31/h4-5,8-17,26H,6-7,18-21,31H2,1-3H3,(H,32,38)(H,33,37). The van der Waals surface area contributed by atoms with E-state index in [-0.39, 0.29) is 11.9 Å². The summed E-state index contributed by atoms with van der Waals surface area (Å²) in [4.78, 5) is 32.3. The van der Waals surface area contributed by atoms with E-state index in [1.165, 1.54) is 6.42 Å². The first-order valence-electron chi connectivity index (χ1n) is 13.1. The van der Waals surface area contributed by atoms with E-state index in [9.17, 15) is 9.59 Å². The van der Waals surface area contributed by atoms with Gasteiger partial charge in [-0.1, -0.05) is 24.3 Å². The van der Waals surface area contributed by atoms with Gasteiger partial charge in [0.05, 0.1) is 11.4 Å². The van der Waals surface area contributed by atoms with Gasteiger partial charge in [-0.15, -0.1) is 0 Å². The average Bonchev–Trinajstić information content (AvgIpc) is 3.32. The number of nitrogen functional groups attached to an aromatic ring is 1. The molecule has 1 heterocycles. The summed E-state index contributed by atoms with van der Waals surface area (Å²) in [5, 5.41) is 5.91. The van der Waals surface area contributed by atoms with Gasteiger partial charge in [-0.05, 0) is 86.9 Å². The molecule has 0 aliphatic carbocycles. The predicted molar refractivity (Wildman–Crippen MR) is 156 cm³/mol. The third-order valence-corrected chi connectivity index (χ3v) is 7.12. The topological polar surface area (TPSA) is 93.9 Å². The van der Waals surface area contributed by atoms with Crippen molar-refractivity contribution in [1.29, 1.82) is 0 Å². The van der Waals surface area contributed by atoms with Gasteiger partial charge < -0.3 is 31.1 Å². The Morgan fingerprint density at radius 1 is 0.974 bits per heavy atom. The van der Waals surface area contributed by atoms with E-state index in [1.54, 1.807) is 24.3 Å². The molecule has 0 spiro atoms. The van der Waals surface area contributed by atoms with Gasteiger partial charge in [0.15, 0.2) is 0 Å². The van der Waals surface area contributed by atoms with Crippen molar-refractivity contribution < 1.29 is 9.59 Å². The highest BCUT2D eigenvalue weighted by molar-refractivity contribution is 6.05. The van der Waals surface area contributed by atoms with Crippen molar-refractivity contribution in [2.45, 2.75) is 31.8 Å². The van der Waals surface area contributed by atoms with Crippen LogP contribution in [0.3, 0.4) is 0 Å². The first-order valence-corrected chi connectivity index (χ1v) is 13.1. The van der Waals surface area contributed by atoms with E-state index >= 15 is 0 Å². The molecule has 4 rings (SSSR count). The number of urea groups is 1. The zero-order valence-electron chi connectivity index (χ0n) is 22.5. The van der Waals surface area contributed by atoms with Gasteiger partial charge in [-0.3, -0.25) is 4.79 Å². The fraction of sp³-hybridized carbons (Fsp3) is 0.333. The second kappa shape index (κ2) is 12.5. The van der Waals surface area contributed by atoms with E-state index < -0.39 is 0 Å². The van der Waals surface area contributed by atoms with Crippen LogP contribution in [0.2, 0.25) is 0 Å². The third-order valence-electron chi connectivity index (χ3n) is 7.12. The Hall–Kier alpha value is -4.04. The highest BCUT2D eigenvalue weighted by Gasteiger charge is 2.23. The number of nitrogens with zero attached hydrogens (tertiary/aromatic N) is 3. The number of hydrogen-bond acceptors (Lipinski definition) is 5. The molecule has 0 bridgehead atoms. The van der Waals surface area contributed by atoms with Gasteiger partial charge in [0.25, 0.3) is 5.91 Å². The summed E-state index contributed by atoms with van der Waals surface area (Å²) in [5.74, 6) is -0.227. The monoisotopic (exact) mass is 514 g/mol. The molecule has 1 aliphatic rings. The van der Waals surface area contributed by atoms with Gasteiger partial charge >= 0.3 is 6.03 Å². The highest BCUT2D eigenvalue weighted by Crippen LogP contribution is 2.21. The van der Waals surface area contributed by atoms with Crippen molar-refractivity contribution in [2.24, 2.45) is 0 Å². The summed E-state index contributed by atoms with van der Waals surface area (Å²) >= 11 is 0. The minimum Gasteiger partial charge on any atom is -0.397 e. The third kappa shape index (κ3) is 7.04. The highest BCUT2D eigenvalue weighted by atomic mass is 16.2. The fourth-order valence-corrected chi connectivity index (χ4v) is 4.73. The molecule has 1 atom stereocenters. The van der Waals surface area contributed by atoms with Gasteiger partial charge in [0.2, 0.25) is 0 Å². The van der Waals surface area contributed by atoms with E-state index in [0.717, 1.165) is 36.3 Å². The largest absolute Gasteiger partial charge is 0.397 e. The lowest BCUT2D eigenvalue weighted by atomic mass is 10.1. The number of hydrogen-bond donors (Lipinski definition) is 3. The van der Waals surface area contributed by atoms with E-state index in [2.05, 4.69) is 22.6 Å². The van der Waals surface area contributed by atoms with Crippen molar-refractivity contribution in [2.75, 3.05) is 55.5 Å².